The first-order chi connectivity index (χ1) is 11.1. The van der Waals surface area contributed by atoms with Gasteiger partial charge >= 0.3 is 0 Å². The van der Waals surface area contributed by atoms with Gasteiger partial charge in [0.05, 0.1) is 29.5 Å². The normalized spacial score (nSPS) is 18.5. The molecule has 0 radical (unpaired) electrons. The molecule has 0 atom stereocenters. The second-order valence-electron chi connectivity index (χ2n) is 6.04. The van der Waals surface area contributed by atoms with Crippen LogP contribution in [0.15, 0.2) is 6.07 Å². The zero-order valence-corrected chi connectivity index (χ0v) is 13.7. The number of nitrogens with two attached hydrogens (primary N) is 1. The summed E-state index contributed by atoms with van der Waals surface area (Å²) < 4.78 is 5.59. The molecule has 2 heterocycles. The maximum Gasteiger partial charge on any atom is 0.255 e. The van der Waals surface area contributed by atoms with Crippen molar-refractivity contribution in [1.82, 2.24) is 10.2 Å². The second-order valence-corrected chi connectivity index (χ2v) is 6.45. The van der Waals surface area contributed by atoms with Crippen LogP contribution in [0.2, 0.25) is 5.02 Å². The average Bonchev–Trinajstić information content (AvgIpc) is 3.03. The molecule has 0 saturated carbocycles. The van der Waals surface area contributed by atoms with Crippen LogP contribution in [0.5, 0.6) is 5.75 Å². The molecule has 1 aromatic carbocycles. The van der Waals surface area contributed by atoms with Crippen LogP contribution in [-0.2, 0) is 6.42 Å². The van der Waals surface area contributed by atoms with E-state index < -0.39 is 0 Å². The predicted octanol–water partition coefficient (Wildman–Crippen LogP) is 1.04. The number of anilines is 1. The van der Waals surface area contributed by atoms with Crippen LogP contribution < -0.4 is 15.8 Å². The van der Waals surface area contributed by atoms with Crippen molar-refractivity contribution in [2.45, 2.75) is 25.3 Å². The average molecular weight is 340 g/mol. The largest absolute Gasteiger partial charge is 0.492 e. The van der Waals surface area contributed by atoms with E-state index in [4.69, 9.17) is 27.2 Å². The predicted molar refractivity (Wildman–Crippen MR) is 89.1 cm³/mol. The van der Waals surface area contributed by atoms with E-state index in [2.05, 4.69) is 10.2 Å². The number of ether oxygens (including phenoxy) is 1. The molecule has 0 spiro atoms. The highest BCUT2D eigenvalue weighted by Crippen LogP contribution is 2.38. The van der Waals surface area contributed by atoms with Gasteiger partial charge in [0, 0.05) is 37.7 Å². The van der Waals surface area contributed by atoms with Crippen LogP contribution in [0.1, 0.15) is 28.8 Å². The molecule has 0 bridgehead atoms. The molecule has 3 rings (SSSR count). The molecule has 6 nitrogen and oxygen atoms in total. The van der Waals surface area contributed by atoms with Gasteiger partial charge in [-0.05, 0) is 18.9 Å². The first-order valence-corrected chi connectivity index (χ1v) is 8.35. The molecule has 2 aliphatic rings. The van der Waals surface area contributed by atoms with Gasteiger partial charge in [-0.25, -0.2) is 0 Å². The van der Waals surface area contributed by atoms with Crippen molar-refractivity contribution in [3.63, 3.8) is 0 Å². The Morgan fingerprint density at radius 2 is 2.22 bits per heavy atom. The molecule has 7 heteroatoms. The number of carbonyl (C=O) groups excluding carboxylic acids is 1. The molecular formula is C16H22ClN3O3. The molecule has 1 aromatic rings. The van der Waals surface area contributed by atoms with Gasteiger partial charge < -0.3 is 25.8 Å². The van der Waals surface area contributed by atoms with Gasteiger partial charge in [-0.15, -0.1) is 0 Å². The zero-order valence-electron chi connectivity index (χ0n) is 13.0. The highest BCUT2D eigenvalue weighted by Gasteiger charge is 2.27. The summed E-state index contributed by atoms with van der Waals surface area (Å²) in [5, 5.41) is 12.4. The van der Waals surface area contributed by atoms with Gasteiger partial charge in [0.2, 0.25) is 0 Å². The molecule has 0 unspecified atom stereocenters. The summed E-state index contributed by atoms with van der Waals surface area (Å²) in [6.45, 7) is 3.14. The minimum atomic E-state index is -0.161. The maximum atomic E-state index is 12.6. The Balaban J connectivity index is 1.68. The highest BCUT2D eigenvalue weighted by atomic mass is 35.5. The fourth-order valence-corrected chi connectivity index (χ4v) is 3.46. The number of halogens is 1. The van der Waals surface area contributed by atoms with Crippen molar-refractivity contribution in [3.8, 4) is 5.75 Å². The molecule has 126 valence electrons. The Labute approximate surface area is 140 Å². The number of benzene rings is 1. The van der Waals surface area contributed by atoms with E-state index in [0.29, 0.717) is 41.6 Å². The summed E-state index contributed by atoms with van der Waals surface area (Å²) >= 11 is 6.15. The van der Waals surface area contributed by atoms with Gasteiger partial charge in [0.1, 0.15) is 5.75 Å². The van der Waals surface area contributed by atoms with Crippen LogP contribution in [0.3, 0.4) is 0 Å². The van der Waals surface area contributed by atoms with Crippen molar-refractivity contribution in [2.24, 2.45) is 0 Å². The van der Waals surface area contributed by atoms with Crippen LogP contribution in [-0.4, -0.2) is 54.8 Å². The first-order valence-electron chi connectivity index (χ1n) is 7.98. The van der Waals surface area contributed by atoms with Crippen LogP contribution >= 0.6 is 11.6 Å². The lowest BCUT2D eigenvalue weighted by Crippen LogP contribution is -2.45. The van der Waals surface area contributed by atoms with E-state index in [0.717, 1.165) is 31.5 Å². The fourth-order valence-electron chi connectivity index (χ4n) is 3.24. The standard InChI is InChI=1S/C16H22ClN3O3/c17-13-9-12(15-11(14(13)18)3-8-23-15)16(22)19-10-1-4-20(5-2-10)6-7-21/h9-10,21H,1-8,18H2,(H,19,22). The Hall–Kier alpha value is -1.50. The van der Waals surface area contributed by atoms with Gasteiger partial charge in [-0.3, -0.25) is 4.79 Å². The maximum absolute atomic E-state index is 12.6. The number of hydrogen-bond acceptors (Lipinski definition) is 5. The van der Waals surface area contributed by atoms with E-state index in [1.807, 2.05) is 0 Å². The molecule has 1 saturated heterocycles. The molecule has 1 fully saturated rings. The number of carbonyl (C=O) groups is 1. The van der Waals surface area contributed by atoms with Crippen molar-refractivity contribution in [3.05, 3.63) is 22.2 Å². The van der Waals surface area contributed by atoms with E-state index in [1.165, 1.54) is 0 Å². The topological polar surface area (TPSA) is 87.8 Å². The molecule has 2 aliphatic heterocycles. The third-order valence-corrected chi connectivity index (χ3v) is 4.87. The monoisotopic (exact) mass is 339 g/mol. The van der Waals surface area contributed by atoms with Crippen LogP contribution in [0, 0.1) is 0 Å². The molecule has 0 aliphatic carbocycles. The molecule has 0 aromatic heterocycles. The minimum Gasteiger partial charge on any atom is -0.492 e. The first kappa shape index (κ1) is 16.4. The van der Waals surface area contributed by atoms with Gasteiger partial charge in [0.25, 0.3) is 5.91 Å². The van der Waals surface area contributed by atoms with E-state index in [9.17, 15) is 4.79 Å². The Morgan fingerprint density at radius 1 is 1.48 bits per heavy atom. The number of nitrogen functional groups attached to an aromatic ring is 1. The van der Waals surface area contributed by atoms with Crippen molar-refractivity contribution < 1.29 is 14.6 Å². The summed E-state index contributed by atoms with van der Waals surface area (Å²) in [6, 6.07) is 1.72. The van der Waals surface area contributed by atoms with E-state index in [-0.39, 0.29) is 18.6 Å². The molecule has 23 heavy (non-hydrogen) atoms. The Kier molecular flexibility index (Phi) is 4.94. The number of hydrogen-bond donors (Lipinski definition) is 3. The third kappa shape index (κ3) is 3.39. The number of β-amino-alcohol motifs (C(OH)–C–C–N with tert-alkyl or cyclic N) is 1. The van der Waals surface area contributed by atoms with E-state index in [1.54, 1.807) is 6.07 Å². The number of likely N-dealkylation sites (tertiary alicyclic amines) is 1. The van der Waals surface area contributed by atoms with Crippen molar-refractivity contribution in [1.29, 1.82) is 0 Å². The summed E-state index contributed by atoms with van der Waals surface area (Å²) in [6.07, 6.45) is 2.43. The number of nitrogens with one attached hydrogen (secondary N) is 1. The quantitative estimate of drug-likeness (QED) is 0.713. The van der Waals surface area contributed by atoms with Gasteiger partial charge in [-0.2, -0.15) is 0 Å². The zero-order chi connectivity index (χ0) is 16.4. The minimum absolute atomic E-state index is 0.130. The lowest BCUT2D eigenvalue weighted by atomic mass is 10.0. The second kappa shape index (κ2) is 6.95. The van der Waals surface area contributed by atoms with Gasteiger partial charge in [-0.1, -0.05) is 11.6 Å². The summed E-state index contributed by atoms with van der Waals surface area (Å²) in [4.78, 5) is 14.8. The number of piperidine rings is 1. The SMILES string of the molecule is Nc1c(Cl)cc(C(=O)NC2CCN(CCO)CC2)c2c1CCO2. The lowest BCUT2D eigenvalue weighted by Gasteiger charge is -2.31. The van der Waals surface area contributed by atoms with E-state index >= 15 is 0 Å². The summed E-state index contributed by atoms with van der Waals surface area (Å²) in [5.41, 5.74) is 7.77. The summed E-state index contributed by atoms with van der Waals surface area (Å²) in [5.74, 6) is 0.410. The number of aliphatic hydroxyl groups excluding tert-OH is 1. The Morgan fingerprint density at radius 3 is 2.91 bits per heavy atom. The molecule has 4 N–H and O–H groups in total. The number of aliphatic hydroxyl groups is 1. The number of rotatable bonds is 4. The van der Waals surface area contributed by atoms with Crippen molar-refractivity contribution in [2.75, 3.05) is 38.6 Å². The molecular weight excluding hydrogens is 318 g/mol. The fraction of sp³-hybridized carbons (Fsp3) is 0.562. The smallest absolute Gasteiger partial charge is 0.255 e. The van der Waals surface area contributed by atoms with Crippen LogP contribution in [0.25, 0.3) is 0 Å². The lowest BCUT2D eigenvalue weighted by molar-refractivity contribution is 0.0900. The highest BCUT2D eigenvalue weighted by molar-refractivity contribution is 6.33. The van der Waals surface area contributed by atoms with Crippen molar-refractivity contribution >= 4 is 23.2 Å². The third-order valence-electron chi connectivity index (χ3n) is 4.55. The number of fused-ring (bicyclic) bond motifs is 1. The number of nitrogens with zero attached hydrogens (tertiary/aromatic N) is 1. The molecule has 1 amide bonds. The number of amides is 1. The van der Waals surface area contributed by atoms with Crippen LogP contribution in [0.4, 0.5) is 5.69 Å². The van der Waals surface area contributed by atoms with Gasteiger partial charge in [0.15, 0.2) is 0 Å². The summed E-state index contributed by atoms with van der Waals surface area (Å²) in [7, 11) is 0. The Bertz CT molecular complexity index is 601.